The van der Waals surface area contributed by atoms with E-state index in [1.54, 1.807) is 12.1 Å². The molecule has 126 valence electrons. The van der Waals surface area contributed by atoms with E-state index in [0.29, 0.717) is 13.1 Å². The number of nitrogens with zero attached hydrogens (tertiary/aromatic N) is 2. The van der Waals surface area contributed by atoms with Crippen molar-refractivity contribution in [3.63, 3.8) is 0 Å². The third-order valence-electron chi connectivity index (χ3n) is 3.88. The van der Waals surface area contributed by atoms with Gasteiger partial charge in [-0.3, -0.25) is 9.98 Å². The molecule has 0 heterocycles. The van der Waals surface area contributed by atoms with E-state index < -0.39 is 0 Å². The first-order valence-electron chi connectivity index (χ1n) is 8.00. The van der Waals surface area contributed by atoms with E-state index in [4.69, 9.17) is 0 Å². The first kappa shape index (κ1) is 17.7. The molecule has 0 amide bonds. The van der Waals surface area contributed by atoms with E-state index in [2.05, 4.69) is 9.98 Å². The molecule has 0 fully saturated rings. The molecule has 0 radical (unpaired) electrons. The van der Waals surface area contributed by atoms with Crippen molar-refractivity contribution in [1.29, 1.82) is 0 Å². The van der Waals surface area contributed by atoms with E-state index in [0.717, 1.165) is 33.7 Å². The average Bonchev–Trinajstić information content (AvgIpc) is 2.51. The van der Waals surface area contributed by atoms with E-state index in [-0.39, 0.29) is 11.5 Å². The SMILES string of the molecule is CC(=NCCN=C(C)c1ccc(C)cc1O)c1ccc(C)cc1O. The third-order valence-corrected chi connectivity index (χ3v) is 3.88. The summed E-state index contributed by atoms with van der Waals surface area (Å²) in [5.74, 6) is 0.501. The minimum absolute atomic E-state index is 0.250. The lowest BCUT2D eigenvalue weighted by atomic mass is 10.1. The van der Waals surface area contributed by atoms with Crippen LogP contribution < -0.4 is 0 Å². The smallest absolute Gasteiger partial charge is 0.124 e. The van der Waals surface area contributed by atoms with Gasteiger partial charge in [0, 0.05) is 22.6 Å². The lowest BCUT2D eigenvalue weighted by Gasteiger charge is -2.06. The molecule has 0 aromatic heterocycles. The molecular formula is C20H24N2O2. The van der Waals surface area contributed by atoms with Gasteiger partial charge in [-0.1, -0.05) is 12.1 Å². The summed E-state index contributed by atoms with van der Waals surface area (Å²) in [6.45, 7) is 8.70. The maximum Gasteiger partial charge on any atom is 0.124 e. The number of phenols is 2. The van der Waals surface area contributed by atoms with Gasteiger partial charge in [-0.2, -0.15) is 0 Å². The molecule has 2 aromatic carbocycles. The van der Waals surface area contributed by atoms with Crippen LogP contribution in [0.5, 0.6) is 11.5 Å². The molecule has 24 heavy (non-hydrogen) atoms. The highest BCUT2D eigenvalue weighted by Crippen LogP contribution is 2.20. The van der Waals surface area contributed by atoms with Gasteiger partial charge < -0.3 is 10.2 Å². The van der Waals surface area contributed by atoms with Crippen LogP contribution in [-0.2, 0) is 0 Å². The molecule has 0 saturated heterocycles. The maximum absolute atomic E-state index is 9.97. The van der Waals surface area contributed by atoms with Crippen LogP contribution in [0.25, 0.3) is 0 Å². The van der Waals surface area contributed by atoms with Crippen molar-refractivity contribution in [1.82, 2.24) is 0 Å². The van der Waals surface area contributed by atoms with Gasteiger partial charge in [0.2, 0.25) is 0 Å². The number of aryl methyl sites for hydroxylation is 2. The summed E-state index contributed by atoms with van der Waals surface area (Å²) in [6, 6.07) is 11.1. The molecule has 0 aliphatic carbocycles. The first-order chi connectivity index (χ1) is 11.4. The minimum Gasteiger partial charge on any atom is -0.507 e. The maximum atomic E-state index is 9.97. The summed E-state index contributed by atoms with van der Waals surface area (Å²) in [4.78, 5) is 8.95. The monoisotopic (exact) mass is 324 g/mol. The average molecular weight is 324 g/mol. The molecule has 0 aliphatic rings. The lowest BCUT2D eigenvalue weighted by Crippen LogP contribution is -2.02. The Labute approximate surface area is 143 Å². The minimum atomic E-state index is 0.250. The summed E-state index contributed by atoms with van der Waals surface area (Å²) in [7, 11) is 0. The second kappa shape index (κ2) is 7.77. The molecule has 2 rings (SSSR count). The van der Waals surface area contributed by atoms with Crippen molar-refractivity contribution in [2.24, 2.45) is 9.98 Å². The summed E-state index contributed by atoms with van der Waals surface area (Å²) in [5, 5.41) is 19.9. The Balaban J connectivity index is 2.02. The zero-order valence-corrected chi connectivity index (χ0v) is 14.7. The van der Waals surface area contributed by atoms with Gasteiger partial charge in [0.1, 0.15) is 11.5 Å². The Morgan fingerprint density at radius 3 is 1.46 bits per heavy atom. The highest BCUT2D eigenvalue weighted by atomic mass is 16.3. The van der Waals surface area contributed by atoms with Crippen LogP contribution in [0.15, 0.2) is 46.4 Å². The summed E-state index contributed by atoms with van der Waals surface area (Å²) in [6.07, 6.45) is 0. The van der Waals surface area contributed by atoms with Crippen molar-refractivity contribution < 1.29 is 10.2 Å². The second-order valence-electron chi connectivity index (χ2n) is 5.98. The van der Waals surface area contributed by atoms with Gasteiger partial charge in [-0.15, -0.1) is 0 Å². The Morgan fingerprint density at radius 2 is 1.12 bits per heavy atom. The lowest BCUT2D eigenvalue weighted by molar-refractivity contribution is 0.473. The van der Waals surface area contributed by atoms with Gasteiger partial charge in [0.05, 0.1) is 13.1 Å². The molecule has 0 atom stereocenters. The van der Waals surface area contributed by atoms with Crippen molar-refractivity contribution in [2.45, 2.75) is 27.7 Å². The Kier molecular flexibility index (Phi) is 5.74. The van der Waals surface area contributed by atoms with E-state index in [1.165, 1.54) is 0 Å². The Bertz CT molecular complexity index is 725. The summed E-state index contributed by atoms with van der Waals surface area (Å²) in [5.41, 5.74) is 5.11. The van der Waals surface area contributed by atoms with Crippen LogP contribution in [0.1, 0.15) is 36.1 Å². The van der Waals surface area contributed by atoms with Gasteiger partial charge in [0.25, 0.3) is 0 Å². The predicted molar refractivity (Wildman–Crippen MR) is 99.8 cm³/mol. The van der Waals surface area contributed by atoms with Crippen molar-refractivity contribution in [3.05, 3.63) is 58.7 Å². The van der Waals surface area contributed by atoms with Gasteiger partial charge >= 0.3 is 0 Å². The number of phenolic OH excluding ortho intramolecular Hbond substituents is 2. The topological polar surface area (TPSA) is 65.2 Å². The first-order valence-corrected chi connectivity index (χ1v) is 8.00. The molecule has 4 heteroatoms. The molecule has 0 spiro atoms. The number of rotatable bonds is 5. The second-order valence-corrected chi connectivity index (χ2v) is 5.98. The molecule has 4 nitrogen and oxygen atoms in total. The zero-order valence-electron chi connectivity index (χ0n) is 14.7. The van der Waals surface area contributed by atoms with Crippen LogP contribution in [-0.4, -0.2) is 34.7 Å². The van der Waals surface area contributed by atoms with Crippen LogP contribution in [0, 0.1) is 13.8 Å². The molecule has 0 saturated carbocycles. The molecule has 0 aliphatic heterocycles. The van der Waals surface area contributed by atoms with E-state index in [9.17, 15) is 10.2 Å². The largest absolute Gasteiger partial charge is 0.507 e. The van der Waals surface area contributed by atoms with Crippen molar-refractivity contribution in [3.8, 4) is 11.5 Å². The zero-order chi connectivity index (χ0) is 17.7. The molecule has 0 unspecified atom stereocenters. The number of aliphatic imine (C=N–C) groups is 2. The number of hydrogen-bond donors (Lipinski definition) is 2. The van der Waals surface area contributed by atoms with Crippen LogP contribution in [0.2, 0.25) is 0 Å². The molecule has 2 aromatic rings. The van der Waals surface area contributed by atoms with Gasteiger partial charge in [-0.05, 0) is 63.1 Å². The quantitative estimate of drug-likeness (QED) is 0.644. The number of aromatic hydroxyl groups is 2. The Morgan fingerprint density at radius 1 is 0.750 bits per heavy atom. The normalized spacial score (nSPS) is 12.5. The summed E-state index contributed by atoms with van der Waals surface area (Å²) >= 11 is 0. The van der Waals surface area contributed by atoms with E-state index in [1.807, 2.05) is 52.0 Å². The molecule has 0 bridgehead atoms. The summed E-state index contributed by atoms with van der Waals surface area (Å²) < 4.78 is 0. The highest BCUT2D eigenvalue weighted by molar-refractivity contribution is 6.01. The Hall–Kier alpha value is -2.62. The fourth-order valence-electron chi connectivity index (χ4n) is 2.50. The fourth-order valence-corrected chi connectivity index (χ4v) is 2.50. The standard InChI is InChI=1S/C20H24N2O2/c1-13-5-7-17(19(23)11-13)15(3)21-9-10-22-16(4)18-8-6-14(2)12-20(18)24/h5-8,11-12,23-24H,9-10H2,1-4H3. The van der Waals surface area contributed by atoms with Crippen LogP contribution in [0.4, 0.5) is 0 Å². The van der Waals surface area contributed by atoms with Crippen molar-refractivity contribution in [2.75, 3.05) is 13.1 Å². The predicted octanol–water partition coefficient (Wildman–Crippen LogP) is 4.03. The van der Waals surface area contributed by atoms with Crippen LogP contribution in [0.3, 0.4) is 0 Å². The highest BCUT2D eigenvalue weighted by Gasteiger charge is 2.05. The number of benzene rings is 2. The molecular weight excluding hydrogens is 300 g/mol. The number of hydrogen-bond acceptors (Lipinski definition) is 4. The molecule has 2 N–H and O–H groups in total. The fraction of sp³-hybridized carbons (Fsp3) is 0.300. The van der Waals surface area contributed by atoms with Crippen molar-refractivity contribution >= 4 is 11.4 Å². The third kappa shape index (κ3) is 4.44. The van der Waals surface area contributed by atoms with Gasteiger partial charge in [-0.25, -0.2) is 0 Å². The van der Waals surface area contributed by atoms with E-state index >= 15 is 0 Å². The van der Waals surface area contributed by atoms with Gasteiger partial charge in [0.15, 0.2) is 0 Å². The van der Waals surface area contributed by atoms with Crippen LogP contribution >= 0.6 is 0 Å².